The average molecular weight is 1610 g/mol. The summed E-state index contributed by atoms with van der Waals surface area (Å²) < 4.78 is 95.6. The Kier molecular flexibility index (Phi) is 35.6. The Morgan fingerprint density at radius 2 is 1.35 bits per heavy atom. The SMILES string of the molecule is CC[C@@]1(OC(=O)OCc2ccc(NC(=O)[C@H](CCCCN)NC(=O)COCC(=O)NCCOCCOCCOCCOCCOCCOCCOCCOCCn3cc(CCC(=O)c4ccc(-c5cnc(SC)nc5)cc4)nn3)cc2)C(=O)OCc2c1cc1n(c2=O)Cc2c-1nc1ccccc1c2CCC(N(C)C)S(C)(=O)=O. The van der Waals surface area contributed by atoms with Gasteiger partial charge in [-0.25, -0.2) is 37.6 Å². The summed E-state index contributed by atoms with van der Waals surface area (Å²) in [5.41, 5.74) is 10.6. The van der Waals surface area contributed by atoms with Crippen molar-refractivity contribution >= 4 is 73.8 Å². The van der Waals surface area contributed by atoms with E-state index >= 15 is 0 Å². The normalized spacial score (nSPS) is 14.3. The summed E-state index contributed by atoms with van der Waals surface area (Å²) in [7, 11) is -0.0189. The number of hydrogen-bond acceptors (Lipinski definition) is 29. The Morgan fingerprint density at radius 3 is 1.96 bits per heavy atom. The minimum Gasteiger partial charge on any atom is -0.457 e. The van der Waals surface area contributed by atoms with Crippen molar-refractivity contribution in [2.75, 3.05) is 164 Å². The van der Waals surface area contributed by atoms with Crippen LogP contribution in [0.1, 0.15) is 89.3 Å². The maximum atomic E-state index is 14.4. The van der Waals surface area contributed by atoms with Gasteiger partial charge in [-0.05, 0) is 106 Å². The fourth-order valence-electron chi connectivity index (χ4n) is 12.6. The zero-order chi connectivity index (χ0) is 80.4. The number of fused-ring (bicyclic) bond motifs is 5. The number of unbranched alkanes of at least 4 members (excludes halogenated alkanes) is 1. The van der Waals surface area contributed by atoms with Crippen molar-refractivity contribution in [2.45, 2.75) is 107 Å². The standard InChI is InChI=1S/C78H102N12O21S2/c1-6-78(64-45-67-72-62(49-90(67)74(95)63(64)51-109-75(78)96)60(61-11-7-8-12-65(61)85-72)23-25-71(88(2)3)113(5,98)99)111-77(97)110-50-54-14-20-58(21-15-54)83-73(94)66(13-9-10-26-79)84-70(93)53-108-52-69(92)80-27-29-100-31-33-102-35-37-104-39-41-106-43-44-107-42-40-105-38-36-103-34-32-101-30-28-89-48-59(86-87-89)22-24-68(91)56-18-16-55(17-19-56)57-46-81-76(112-4)82-47-57/h7-8,11-12,14-21,45-48,66,71H,6,9-10,13,22-44,49-53,79H2,1-5H3,(H,80,92)(H,83,94)(H,84,93)/t66-,71?,78-/m0/s1. The third kappa shape index (κ3) is 26.8. The Balaban J connectivity index is 0.553. The number of aryl methyl sites for hydroxylation is 2. The molecule has 7 aromatic rings. The van der Waals surface area contributed by atoms with E-state index in [0.29, 0.717) is 183 Å². The molecule has 9 rings (SSSR count). The van der Waals surface area contributed by atoms with Crippen LogP contribution in [0.2, 0.25) is 0 Å². The predicted molar refractivity (Wildman–Crippen MR) is 416 cm³/mol. The largest absolute Gasteiger partial charge is 0.510 e. The van der Waals surface area contributed by atoms with E-state index < -0.39 is 75.5 Å². The highest BCUT2D eigenvalue weighted by molar-refractivity contribution is 7.98. The number of thioether (sulfide) groups is 1. The van der Waals surface area contributed by atoms with Crippen LogP contribution in [-0.2, 0) is 131 Å². The van der Waals surface area contributed by atoms with Crippen LogP contribution in [0.5, 0.6) is 0 Å². The summed E-state index contributed by atoms with van der Waals surface area (Å²) in [4.78, 5) is 109. The summed E-state index contributed by atoms with van der Waals surface area (Å²) in [6, 6.07) is 21.9. The first kappa shape index (κ1) is 87.9. The second-order valence-corrected chi connectivity index (χ2v) is 29.7. The van der Waals surface area contributed by atoms with Crippen LogP contribution in [-0.4, -0.2) is 253 Å². The number of nitrogens with zero attached hydrogens (tertiary/aromatic N) is 8. The molecular weight excluding hydrogens is 1510 g/mol. The fourth-order valence-corrected chi connectivity index (χ4v) is 14.2. The number of nitrogens with two attached hydrogens (primary N) is 1. The molecule has 0 saturated heterocycles. The van der Waals surface area contributed by atoms with Gasteiger partial charge in [0.15, 0.2) is 20.8 Å². The molecule has 33 nitrogen and oxygen atoms in total. The highest BCUT2D eigenvalue weighted by Crippen LogP contribution is 2.43. The topological polar surface area (TPSA) is 404 Å². The molecular formula is C78H102N12O21S2. The summed E-state index contributed by atoms with van der Waals surface area (Å²) in [6.07, 6.45) is 10.0. The molecule has 2 aliphatic rings. The molecule has 4 aromatic heterocycles. The molecule has 0 saturated carbocycles. The second kappa shape index (κ2) is 45.7. The van der Waals surface area contributed by atoms with Gasteiger partial charge in [0.1, 0.15) is 37.8 Å². The summed E-state index contributed by atoms with van der Waals surface area (Å²) in [6.45, 7) is 7.44. The van der Waals surface area contributed by atoms with E-state index in [0.717, 1.165) is 33.3 Å². The predicted octanol–water partition coefficient (Wildman–Crippen LogP) is 5.41. The van der Waals surface area contributed by atoms with Gasteiger partial charge in [-0.2, -0.15) is 0 Å². The van der Waals surface area contributed by atoms with Crippen LogP contribution in [0, 0.1) is 0 Å². The zero-order valence-corrected chi connectivity index (χ0v) is 66.2. The van der Waals surface area contributed by atoms with Gasteiger partial charge < -0.3 is 83.1 Å². The number of esters is 1. The number of ether oxygens (including phenoxy) is 12. The molecule has 0 fully saturated rings. The van der Waals surface area contributed by atoms with Crippen molar-refractivity contribution in [3.05, 3.63) is 147 Å². The third-order valence-electron chi connectivity index (χ3n) is 18.5. The first-order valence-electron chi connectivity index (χ1n) is 37.6. The van der Waals surface area contributed by atoms with Gasteiger partial charge in [0, 0.05) is 77.6 Å². The number of amides is 3. The number of nitrogens with one attached hydrogen (secondary N) is 3. The van der Waals surface area contributed by atoms with E-state index in [1.165, 1.54) is 18.0 Å². The number of hydrogen-bond donors (Lipinski definition) is 4. The van der Waals surface area contributed by atoms with Crippen molar-refractivity contribution in [3.8, 4) is 22.5 Å². The third-order valence-corrected chi connectivity index (χ3v) is 20.7. The van der Waals surface area contributed by atoms with E-state index in [-0.39, 0.29) is 69.1 Å². The quantitative estimate of drug-likeness (QED) is 0.0122. The lowest BCUT2D eigenvalue weighted by molar-refractivity contribution is -0.175. The molecule has 612 valence electrons. The zero-order valence-electron chi connectivity index (χ0n) is 64.6. The van der Waals surface area contributed by atoms with Gasteiger partial charge >= 0.3 is 12.1 Å². The second-order valence-electron chi connectivity index (χ2n) is 26.7. The number of aromatic nitrogens is 7. The number of para-hydroxylation sites is 1. The Morgan fingerprint density at radius 1 is 0.726 bits per heavy atom. The number of pyridine rings is 2. The number of anilines is 1. The molecule has 6 heterocycles. The number of sulfone groups is 1. The van der Waals surface area contributed by atoms with Crippen LogP contribution in [0.25, 0.3) is 33.4 Å². The van der Waals surface area contributed by atoms with Crippen LogP contribution < -0.4 is 27.2 Å². The molecule has 0 radical (unpaired) electrons. The molecule has 113 heavy (non-hydrogen) atoms. The van der Waals surface area contributed by atoms with E-state index in [1.54, 1.807) is 77.9 Å². The number of ketones is 1. The first-order chi connectivity index (χ1) is 54.8. The molecule has 3 atom stereocenters. The maximum absolute atomic E-state index is 14.4. The van der Waals surface area contributed by atoms with Crippen molar-refractivity contribution in [2.24, 2.45) is 5.73 Å². The molecule has 0 aliphatic carbocycles. The highest BCUT2D eigenvalue weighted by Gasteiger charge is 2.51. The molecule has 5 N–H and O–H groups in total. The molecule has 1 unspecified atom stereocenters. The molecule has 35 heteroatoms. The first-order valence-corrected chi connectivity index (χ1v) is 40.8. The lowest BCUT2D eigenvalue weighted by atomic mass is 9.85. The van der Waals surface area contributed by atoms with Crippen molar-refractivity contribution in [1.29, 1.82) is 0 Å². The smallest absolute Gasteiger partial charge is 0.457 e. The van der Waals surface area contributed by atoms with Gasteiger partial charge in [-0.1, -0.05) is 78.5 Å². The molecule has 3 aromatic carbocycles. The van der Waals surface area contributed by atoms with Crippen LogP contribution >= 0.6 is 11.8 Å². The van der Waals surface area contributed by atoms with Crippen LogP contribution in [0.3, 0.4) is 0 Å². The van der Waals surface area contributed by atoms with Gasteiger partial charge in [0.25, 0.3) is 5.56 Å². The van der Waals surface area contributed by atoms with E-state index in [2.05, 4.69) is 36.2 Å². The molecule has 0 bridgehead atoms. The Labute approximate surface area is 660 Å². The number of Topliss-reactive ketones (excluding diaryl/α,β-unsaturated/α-hetero) is 1. The van der Waals surface area contributed by atoms with Gasteiger partial charge in [-0.3, -0.25) is 28.9 Å². The summed E-state index contributed by atoms with van der Waals surface area (Å²) in [5.74, 6) is -2.47. The van der Waals surface area contributed by atoms with E-state index in [1.807, 2.05) is 61.0 Å². The molecule has 2 aliphatic heterocycles. The van der Waals surface area contributed by atoms with Gasteiger partial charge in [-0.15, -0.1) is 5.10 Å². The Hall–Kier alpha value is -9.08. The van der Waals surface area contributed by atoms with Crippen LogP contribution in [0.15, 0.2) is 107 Å². The van der Waals surface area contributed by atoms with Crippen molar-refractivity contribution in [1.82, 2.24) is 50.0 Å². The number of carbonyl (C=O) groups excluding carboxylic acids is 6. The summed E-state index contributed by atoms with van der Waals surface area (Å²) >= 11 is 1.48. The van der Waals surface area contributed by atoms with Crippen LogP contribution in [0.4, 0.5) is 10.5 Å². The summed E-state index contributed by atoms with van der Waals surface area (Å²) in [5, 5.41) is 17.2. The lowest BCUT2D eigenvalue weighted by Crippen LogP contribution is -2.47. The van der Waals surface area contributed by atoms with Crippen molar-refractivity contribution < 1.29 is 94.0 Å². The average Bonchev–Trinajstić information content (AvgIpc) is 1.63. The molecule has 3 amide bonds. The maximum Gasteiger partial charge on any atom is 0.510 e. The van der Waals surface area contributed by atoms with Gasteiger partial charge in [0.05, 0.1) is 147 Å². The highest BCUT2D eigenvalue weighted by atomic mass is 32.2. The lowest BCUT2D eigenvalue weighted by Gasteiger charge is -2.35. The van der Waals surface area contributed by atoms with E-state index in [4.69, 9.17) is 67.6 Å². The van der Waals surface area contributed by atoms with E-state index in [9.17, 15) is 42.0 Å². The number of benzene rings is 3. The minimum absolute atomic E-state index is 0.0324. The number of cyclic esters (lactones) is 1. The number of carbonyl (C=O) groups is 6. The number of rotatable bonds is 53. The minimum atomic E-state index is -3.45. The van der Waals surface area contributed by atoms with Crippen molar-refractivity contribution in [3.63, 3.8) is 0 Å². The Bertz CT molecular complexity index is 4420. The molecule has 0 spiro atoms. The van der Waals surface area contributed by atoms with Gasteiger partial charge in [0.2, 0.25) is 23.3 Å². The monoisotopic (exact) mass is 1610 g/mol. The fraction of sp³-hybridized carbons (Fsp3) is 0.513.